The van der Waals surface area contributed by atoms with Crippen LogP contribution in [0.1, 0.15) is 32.8 Å². The van der Waals surface area contributed by atoms with Crippen LogP contribution in [0.5, 0.6) is 0 Å². The van der Waals surface area contributed by atoms with E-state index >= 15 is 0 Å². The number of hydrogen-bond donors (Lipinski definition) is 1. The van der Waals surface area contributed by atoms with Crippen LogP contribution in [0.25, 0.3) is 0 Å². The fourth-order valence-corrected chi connectivity index (χ4v) is 2.20. The maximum absolute atomic E-state index is 12.6. The molecule has 1 atom stereocenters. The molecule has 102 valence electrons. The van der Waals surface area contributed by atoms with Gasteiger partial charge in [0.05, 0.1) is 5.56 Å². The number of hydrogen-bond acceptors (Lipinski definition) is 1. The van der Waals surface area contributed by atoms with Gasteiger partial charge in [0.2, 0.25) is 0 Å². The average Bonchev–Trinajstić information content (AvgIpc) is 2.18. The minimum Gasteiger partial charge on any atom is -0.382 e. The van der Waals surface area contributed by atoms with E-state index in [2.05, 4.69) is 35.1 Å². The zero-order chi connectivity index (χ0) is 13.9. The zero-order valence-electron chi connectivity index (χ0n) is 10.6. The van der Waals surface area contributed by atoms with Gasteiger partial charge in [0.25, 0.3) is 0 Å². The topological polar surface area (TPSA) is 12.0 Å². The molecule has 1 unspecified atom stereocenters. The van der Waals surface area contributed by atoms with Gasteiger partial charge in [0.1, 0.15) is 0 Å². The second kappa shape index (κ2) is 5.95. The van der Waals surface area contributed by atoms with Crippen LogP contribution in [0, 0.1) is 5.92 Å². The standard InChI is InChI=1S/C13H17BrF3N/c1-8(2)6-9(3)18-12-7-10(13(15,16)17)4-5-11(12)14/h4-5,7-9,18H,6H2,1-3H3. The molecule has 1 rings (SSSR count). The molecule has 0 saturated heterocycles. The molecule has 0 saturated carbocycles. The molecule has 1 N–H and O–H groups in total. The molecule has 1 aromatic carbocycles. The van der Waals surface area contributed by atoms with Crippen LogP contribution in [0.3, 0.4) is 0 Å². The summed E-state index contributed by atoms with van der Waals surface area (Å²) in [5.74, 6) is 0.497. The molecule has 5 heteroatoms. The highest BCUT2D eigenvalue weighted by molar-refractivity contribution is 9.10. The zero-order valence-corrected chi connectivity index (χ0v) is 12.2. The highest BCUT2D eigenvalue weighted by Gasteiger charge is 2.31. The summed E-state index contributed by atoms with van der Waals surface area (Å²) < 4.78 is 38.5. The Morgan fingerprint density at radius 2 is 1.83 bits per heavy atom. The molecule has 0 spiro atoms. The van der Waals surface area contributed by atoms with Crippen LogP contribution in [0.2, 0.25) is 0 Å². The Bertz CT molecular complexity index is 402. The Morgan fingerprint density at radius 3 is 2.33 bits per heavy atom. The fourth-order valence-electron chi connectivity index (χ4n) is 1.84. The molecule has 0 aliphatic heterocycles. The summed E-state index contributed by atoms with van der Waals surface area (Å²) in [7, 11) is 0. The number of alkyl halides is 3. The average molecular weight is 324 g/mol. The Hall–Kier alpha value is -0.710. The van der Waals surface area contributed by atoms with E-state index in [-0.39, 0.29) is 6.04 Å². The molecule has 18 heavy (non-hydrogen) atoms. The lowest BCUT2D eigenvalue weighted by Gasteiger charge is -2.19. The van der Waals surface area contributed by atoms with E-state index in [1.54, 1.807) is 0 Å². The molecule has 1 nitrogen and oxygen atoms in total. The van der Waals surface area contributed by atoms with Crippen molar-refractivity contribution in [2.24, 2.45) is 5.92 Å². The van der Waals surface area contributed by atoms with Crippen molar-refractivity contribution in [2.45, 2.75) is 39.4 Å². The van der Waals surface area contributed by atoms with Gasteiger partial charge < -0.3 is 5.32 Å². The van der Waals surface area contributed by atoms with Gasteiger partial charge in [-0.05, 0) is 53.4 Å². The predicted molar refractivity (Wildman–Crippen MR) is 71.7 cm³/mol. The molecule has 0 heterocycles. The lowest BCUT2D eigenvalue weighted by Crippen LogP contribution is -2.18. The van der Waals surface area contributed by atoms with Crippen molar-refractivity contribution in [3.8, 4) is 0 Å². The summed E-state index contributed by atoms with van der Waals surface area (Å²) >= 11 is 3.26. The first-order valence-corrected chi connectivity index (χ1v) is 6.62. The molecule has 1 aromatic rings. The number of rotatable bonds is 4. The van der Waals surface area contributed by atoms with Gasteiger partial charge in [-0.2, -0.15) is 13.2 Å². The largest absolute Gasteiger partial charge is 0.416 e. The molecule has 0 radical (unpaired) electrons. The molecule has 0 aliphatic carbocycles. The van der Waals surface area contributed by atoms with Crippen molar-refractivity contribution < 1.29 is 13.2 Å². The van der Waals surface area contributed by atoms with Gasteiger partial charge >= 0.3 is 6.18 Å². The third kappa shape index (κ3) is 4.52. The van der Waals surface area contributed by atoms with E-state index in [4.69, 9.17) is 0 Å². The molecule has 0 aromatic heterocycles. The van der Waals surface area contributed by atoms with Crippen LogP contribution in [0.4, 0.5) is 18.9 Å². The van der Waals surface area contributed by atoms with E-state index in [9.17, 15) is 13.2 Å². The molecule has 0 amide bonds. The lowest BCUT2D eigenvalue weighted by atomic mass is 10.0. The fraction of sp³-hybridized carbons (Fsp3) is 0.538. The van der Waals surface area contributed by atoms with Crippen molar-refractivity contribution >= 4 is 21.6 Å². The first-order chi connectivity index (χ1) is 8.20. The van der Waals surface area contributed by atoms with Crippen molar-refractivity contribution in [3.63, 3.8) is 0 Å². The second-order valence-corrected chi connectivity index (χ2v) is 5.72. The summed E-state index contributed by atoms with van der Waals surface area (Å²) in [5, 5.41) is 3.11. The Kier molecular flexibility index (Phi) is 5.08. The summed E-state index contributed by atoms with van der Waals surface area (Å²) in [4.78, 5) is 0. The number of anilines is 1. The molecular formula is C13H17BrF3N. The monoisotopic (exact) mass is 323 g/mol. The van der Waals surface area contributed by atoms with E-state index in [0.717, 1.165) is 18.6 Å². The van der Waals surface area contributed by atoms with Crippen LogP contribution in [-0.4, -0.2) is 6.04 Å². The maximum atomic E-state index is 12.6. The van der Waals surface area contributed by atoms with E-state index < -0.39 is 11.7 Å². The second-order valence-electron chi connectivity index (χ2n) is 4.87. The SMILES string of the molecule is CC(C)CC(C)Nc1cc(C(F)(F)F)ccc1Br. The van der Waals surface area contributed by atoms with Crippen LogP contribution >= 0.6 is 15.9 Å². The summed E-state index contributed by atoms with van der Waals surface area (Å²) in [5.41, 5.74) is -0.150. The first-order valence-electron chi connectivity index (χ1n) is 5.83. The summed E-state index contributed by atoms with van der Waals surface area (Å²) in [6, 6.07) is 3.76. The van der Waals surface area contributed by atoms with Crippen LogP contribution in [-0.2, 0) is 6.18 Å². The third-order valence-corrected chi connectivity index (χ3v) is 3.21. The Labute approximate surface area is 114 Å². The predicted octanol–water partition coefficient (Wildman–Crippen LogP) is 5.31. The molecule has 0 aliphatic rings. The minimum absolute atomic E-state index is 0.129. The maximum Gasteiger partial charge on any atom is 0.416 e. The van der Waals surface area contributed by atoms with Crippen molar-refractivity contribution in [1.82, 2.24) is 0 Å². The van der Waals surface area contributed by atoms with Gasteiger partial charge in [-0.25, -0.2) is 0 Å². The summed E-state index contributed by atoms with van der Waals surface area (Å²) in [6.45, 7) is 6.13. The van der Waals surface area contributed by atoms with Crippen molar-refractivity contribution in [1.29, 1.82) is 0 Å². The van der Waals surface area contributed by atoms with Crippen molar-refractivity contribution in [2.75, 3.05) is 5.32 Å². The highest BCUT2D eigenvalue weighted by Crippen LogP contribution is 2.34. The lowest BCUT2D eigenvalue weighted by molar-refractivity contribution is -0.137. The summed E-state index contributed by atoms with van der Waals surface area (Å²) in [6.07, 6.45) is -3.40. The van der Waals surface area contributed by atoms with Crippen molar-refractivity contribution in [3.05, 3.63) is 28.2 Å². The van der Waals surface area contributed by atoms with Gasteiger partial charge in [-0.15, -0.1) is 0 Å². The normalized spacial score (nSPS) is 13.8. The van der Waals surface area contributed by atoms with Crippen LogP contribution < -0.4 is 5.32 Å². The van der Waals surface area contributed by atoms with Gasteiger partial charge in [-0.1, -0.05) is 13.8 Å². The molecule has 0 fully saturated rings. The van der Waals surface area contributed by atoms with Gasteiger partial charge in [0, 0.05) is 16.2 Å². The number of nitrogens with one attached hydrogen (secondary N) is 1. The van der Waals surface area contributed by atoms with Crippen LogP contribution in [0.15, 0.2) is 22.7 Å². The Balaban J connectivity index is 2.88. The first kappa shape index (κ1) is 15.3. The van der Waals surface area contributed by atoms with Gasteiger partial charge in [-0.3, -0.25) is 0 Å². The minimum atomic E-state index is -4.31. The van der Waals surface area contributed by atoms with Gasteiger partial charge in [0.15, 0.2) is 0 Å². The van der Waals surface area contributed by atoms with E-state index in [1.165, 1.54) is 6.07 Å². The highest BCUT2D eigenvalue weighted by atomic mass is 79.9. The van der Waals surface area contributed by atoms with E-state index in [0.29, 0.717) is 16.1 Å². The third-order valence-electron chi connectivity index (χ3n) is 2.52. The Morgan fingerprint density at radius 1 is 1.22 bits per heavy atom. The molecular weight excluding hydrogens is 307 g/mol. The van der Waals surface area contributed by atoms with E-state index in [1.807, 2.05) is 6.92 Å². The number of benzene rings is 1. The number of halogens is 4. The molecule has 0 bridgehead atoms. The smallest absolute Gasteiger partial charge is 0.382 e. The quantitative estimate of drug-likeness (QED) is 0.791.